The molecule has 5 heteroatoms. The first-order valence-electron chi connectivity index (χ1n) is 3.90. The molecule has 0 aliphatic heterocycles. The van der Waals surface area contributed by atoms with Crippen molar-refractivity contribution in [1.82, 2.24) is 5.48 Å². The molecule has 0 aliphatic rings. The number of carboxylic acids is 1. The molecule has 74 valence electrons. The number of nitrogens with one attached hydrogen (secondary N) is 1. The van der Waals surface area contributed by atoms with Crippen LogP contribution in [0.25, 0.3) is 0 Å². The van der Waals surface area contributed by atoms with Crippen LogP contribution in [-0.2, 0) is 14.4 Å². The average Bonchev–Trinajstić information content (AvgIpc) is 2.04. The van der Waals surface area contributed by atoms with E-state index < -0.39 is 18.5 Å². The van der Waals surface area contributed by atoms with Gasteiger partial charge in [0.25, 0.3) is 0 Å². The molecule has 0 aromatic rings. The van der Waals surface area contributed by atoms with E-state index in [-0.39, 0.29) is 0 Å². The molecule has 13 heavy (non-hydrogen) atoms. The molecule has 0 spiro atoms. The Labute approximate surface area is 76.3 Å². The van der Waals surface area contributed by atoms with Gasteiger partial charge in [-0.05, 0) is 13.3 Å². The first-order valence-corrected chi connectivity index (χ1v) is 3.90. The van der Waals surface area contributed by atoms with Crippen molar-refractivity contribution in [2.45, 2.75) is 20.3 Å². The van der Waals surface area contributed by atoms with Crippen molar-refractivity contribution in [1.29, 1.82) is 0 Å². The van der Waals surface area contributed by atoms with Crippen LogP contribution in [0.2, 0.25) is 0 Å². The van der Waals surface area contributed by atoms with Crippen molar-refractivity contribution in [3.8, 4) is 0 Å². The quantitative estimate of drug-likeness (QED) is 0.483. The van der Waals surface area contributed by atoms with E-state index in [4.69, 9.17) is 5.11 Å². The Morgan fingerprint density at radius 2 is 2.15 bits per heavy atom. The lowest BCUT2D eigenvalue weighted by Crippen LogP contribution is -2.26. The Hall–Kier alpha value is -1.36. The number of aliphatic carboxylic acids is 1. The largest absolute Gasteiger partial charge is 0.480 e. The number of hydrogen-bond acceptors (Lipinski definition) is 4. The fraction of sp³-hybridized carbons (Fsp3) is 0.500. The Morgan fingerprint density at radius 3 is 2.62 bits per heavy atom. The van der Waals surface area contributed by atoms with Gasteiger partial charge in [0, 0.05) is 5.57 Å². The average molecular weight is 187 g/mol. The summed E-state index contributed by atoms with van der Waals surface area (Å²) < 4.78 is 0. The molecule has 0 rings (SSSR count). The van der Waals surface area contributed by atoms with E-state index in [1.807, 2.05) is 12.4 Å². The lowest BCUT2D eigenvalue weighted by molar-refractivity contribution is -0.149. The summed E-state index contributed by atoms with van der Waals surface area (Å²) in [4.78, 5) is 25.4. The van der Waals surface area contributed by atoms with E-state index in [0.717, 1.165) is 6.42 Å². The maximum atomic E-state index is 11.0. The number of carbonyl (C=O) groups is 2. The third-order valence-corrected chi connectivity index (χ3v) is 1.22. The van der Waals surface area contributed by atoms with Crippen molar-refractivity contribution >= 4 is 11.9 Å². The number of carbonyl (C=O) groups excluding carboxylic acids is 1. The van der Waals surface area contributed by atoms with Gasteiger partial charge >= 0.3 is 11.9 Å². The molecule has 0 amide bonds. The number of hydroxylamine groups is 1. The maximum Gasteiger partial charge on any atom is 0.352 e. The van der Waals surface area contributed by atoms with Gasteiger partial charge in [-0.1, -0.05) is 13.0 Å². The molecule has 0 aromatic carbocycles. The van der Waals surface area contributed by atoms with Gasteiger partial charge in [-0.3, -0.25) is 4.79 Å². The maximum absolute atomic E-state index is 11.0. The number of allylic oxidation sites excluding steroid dienone is 1. The first kappa shape index (κ1) is 11.6. The van der Waals surface area contributed by atoms with Crippen molar-refractivity contribution < 1.29 is 19.5 Å². The van der Waals surface area contributed by atoms with Gasteiger partial charge in [0.15, 0.2) is 0 Å². The standard InChI is InChI=1S/C8H13NO4/c1-3-4-6(2)8(12)13-9-5-7(10)11/h4,9H,3,5H2,1-2H3,(H,10,11)/b6-4+. The normalized spacial score (nSPS) is 11.1. The SMILES string of the molecule is CC/C=C(\C)C(=O)ONCC(=O)O. The van der Waals surface area contributed by atoms with Crippen molar-refractivity contribution in [2.75, 3.05) is 6.54 Å². The Morgan fingerprint density at radius 1 is 1.54 bits per heavy atom. The smallest absolute Gasteiger partial charge is 0.352 e. The van der Waals surface area contributed by atoms with Crippen LogP contribution in [0.5, 0.6) is 0 Å². The zero-order valence-electron chi connectivity index (χ0n) is 7.66. The van der Waals surface area contributed by atoms with Crippen LogP contribution in [0.4, 0.5) is 0 Å². The van der Waals surface area contributed by atoms with Crippen LogP contribution in [0, 0.1) is 0 Å². The number of rotatable bonds is 5. The van der Waals surface area contributed by atoms with Crippen LogP contribution in [0.3, 0.4) is 0 Å². The van der Waals surface area contributed by atoms with Crippen LogP contribution in [0.1, 0.15) is 20.3 Å². The summed E-state index contributed by atoms with van der Waals surface area (Å²) in [5.41, 5.74) is 2.49. The molecule has 0 saturated heterocycles. The molecular weight excluding hydrogens is 174 g/mol. The third-order valence-electron chi connectivity index (χ3n) is 1.22. The summed E-state index contributed by atoms with van der Waals surface area (Å²) in [6.07, 6.45) is 2.44. The third kappa shape index (κ3) is 5.86. The predicted molar refractivity (Wildman–Crippen MR) is 45.8 cm³/mol. The fourth-order valence-corrected chi connectivity index (χ4v) is 0.633. The van der Waals surface area contributed by atoms with Crippen LogP contribution in [-0.4, -0.2) is 23.6 Å². The molecule has 0 bridgehead atoms. The van der Waals surface area contributed by atoms with Crippen LogP contribution >= 0.6 is 0 Å². The van der Waals surface area contributed by atoms with E-state index in [1.165, 1.54) is 0 Å². The Kier molecular flexibility index (Phi) is 5.54. The molecule has 0 atom stereocenters. The van der Waals surface area contributed by atoms with E-state index in [2.05, 4.69) is 4.84 Å². The molecule has 0 unspecified atom stereocenters. The zero-order chi connectivity index (χ0) is 10.3. The number of hydrogen-bond donors (Lipinski definition) is 2. The summed E-state index contributed by atoms with van der Waals surface area (Å²) in [7, 11) is 0. The van der Waals surface area contributed by atoms with E-state index in [0.29, 0.717) is 5.57 Å². The second kappa shape index (κ2) is 6.19. The molecular formula is C8H13NO4. The summed E-state index contributed by atoms with van der Waals surface area (Å²) in [5.74, 6) is -1.63. The van der Waals surface area contributed by atoms with Gasteiger partial charge < -0.3 is 9.94 Å². The zero-order valence-corrected chi connectivity index (χ0v) is 7.66. The second-order valence-corrected chi connectivity index (χ2v) is 2.40. The minimum atomic E-state index is -1.08. The van der Waals surface area contributed by atoms with Crippen molar-refractivity contribution in [3.05, 3.63) is 11.6 Å². The molecule has 5 nitrogen and oxygen atoms in total. The minimum Gasteiger partial charge on any atom is -0.480 e. The Bertz CT molecular complexity index is 222. The summed E-state index contributed by atoms with van der Waals surface area (Å²) in [6.45, 7) is 3.10. The second-order valence-electron chi connectivity index (χ2n) is 2.40. The van der Waals surface area contributed by atoms with Crippen LogP contribution < -0.4 is 5.48 Å². The number of carboxylic acid groups (broad SMARTS) is 1. The molecule has 0 saturated carbocycles. The first-order chi connectivity index (χ1) is 6.07. The van der Waals surface area contributed by atoms with Gasteiger partial charge in [-0.25, -0.2) is 4.79 Å². The van der Waals surface area contributed by atoms with Crippen LogP contribution in [0.15, 0.2) is 11.6 Å². The van der Waals surface area contributed by atoms with E-state index >= 15 is 0 Å². The molecule has 0 fully saturated rings. The molecule has 0 aromatic heterocycles. The predicted octanol–water partition coefficient (Wildman–Crippen LogP) is 0.475. The molecule has 0 radical (unpaired) electrons. The van der Waals surface area contributed by atoms with Gasteiger partial charge in [-0.15, -0.1) is 5.48 Å². The topological polar surface area (TPSA) is 75.6 Å². The Balaban J connectivity index is 3.75. The summed E-state index contributed by atoms with van der Waals surface area (Å²) in [5, 5.41) is 8.20. The van der Waals surface area contributed by atoms with E-state index in [1.54, 1.807) is 13.0 Å². The minimum absolute atomic E-state index is 0.398. The summed E-state index contributed by atoms with van der Waals surface area (Å²) >= 11 is 0. The molecule has 0 aliphatic carbocycles. The highest BCUT2D eigenvalue weighted by atomic mass is 16.7. The van der Waals surface area contributed by atoms with Gasteiger partial charge in [0.05, 0.1) is 0 Å². The lowest BCUT2D eigenvalue weighted by Gasteiger charge is -2.02. The van der Waals surface area contributed by atoms with Gasteiger partial charge in [0.2, 0.25) is 0 Å². The highest BCUT2D eigenvalue weighted by Crippen LogP contribution is 1.96. The van der Waals surface area contributed by atoms with Gasteiger partial charge in [-0.2, -0.15) is 0 Å². The highest BCUT2D eigenvalue weighted by Gasteiger charge is 2.05. The van der Waals surface area contributed by atoms with E-state index in [9.17, 15) is 9.59 Å². The molecule has 2 N–H and O–H groups in total. The summed E-state index contributed by atoms with van der Waals surface area (Å²) in [6, 6.07) is 0. The van der Waals surface area contributed by atoms with Gasteiger partial charge in [0.1, 0.15) is 6.54 Å². The van der Waals surface area contributed by atoms with Crippen molar-refractivity contribution in [3.63, 3.8) is 0 Å². The molecule has 0 heterocycles. The highest BCUT2D eigenvalue weighted by molar-refractivity contribution is 5.87. The monoisotopic (exact) mass is 187 g/mol. The fourth-order valence-electron chi connectivity index (χ4n) is 0.633. The lowest BCUT2D eigenvalue weighted by atomic mass is 10.2. The van der Waals surface area contributed by atoms with Crippen molar-refractivity contribution in [2.24, 2.45) is 0 Å².